The first kappa shape index (κ1) is 14.2. The SMILES string of the molecule is CSCCNC(C)Cc1c(Cl)cccc1Cl. The van der Waals surface area contributed by atoms with Gasteiger partial charge in [-0.05, 0) is 37.3 Å². The first-order chi connectivity index (χ1) is 7.65. The first-order valence-electron chi connectivity index (χ1n) is 5.30. The molecule has 16 heavy (non-hydrogen) atoms. The third kappa shape index (κ3) is 4.54. The van der Waals surface area contributed by atoms with Gasteiger partial charge in [-0.15, -0.1) is 0 Å². The normalized spacial score (nSPS) is 12.8. The van der Waals surface area contributed by atoms with Crippen molar-refractivity contribution < 1.29 is 0 Å². The maximum atomic E-state index is 6.12. The molecule has 0 spiro atoms. The van der Waals surface area contributed by atoms with Gasteiger partial charge in [0.15, 0.2) is 0 Å². The van der Waals surface area contributed by atoms with Gasteiger partial charge in [0.2, 0.25) is 0 Å². The molecular formula is C12H17Cl2NS. The summed E-state index contributed by atoms with van der Waals surface area (Å²) in [7, 11) is 0. The summed E-state index contributed by atoms with van der Waals surface area (Å²) in [6.07, 6.45) is 2.98. The molecule has 0 aliphatic rings. The van der Waals surface area contributed by atoms with Crippen LogP contribution in [0.25, 0.3) is 0 Å². The molecule has 1 nitrogen and oxygen atoms in total. The number of hydrogen-bond acceptors (Lipinski definition) is 2. The summed E-state index contributed by atoms with van der Waals surface area (Å²) in [5.74, 6) is 1.13. The summed E-state index contributed by atoms with van der Waals surface area (Å²) in [4.78, 5) is 0. The lowest BCUT2D eigenvalue weighted by molar-refractivity contribution is 0.568. The summed E-state index contributed by atoms with van der Waals surface area (Å²) in [5, 5.41) is 4.96. The predicted molar refractivity (Wildman–Crippen MR) is 76.0 cm³/mol. The van der Waals surface area contributed by atoms with E-state index >= 15 is 0 Å². The second kappa shape index (κ2) is 7.44. The Hall–Kier alpha value is 0.110. The molecule has 1 rings (SSSR count). The zero-order valence-corrected chi connectivity index (χ0v) is 11.9. The highest BCUT2D eigenvalue weighted by Gasteiger charge is 2.09. The van der Waals surface area contributed by atoms with E-state index in [1.54, 1.807) is 0 Å². The molecule has 4 heteroatoms. The van der Waals surface area contributed by atoms with Crippen LogP contribution in [0, 0.1) is 0 Å². The van der Waals surface area contributed by atoms with Crippen LogP contribution in [0.4, 0.5) is 0 Å². The van der Waals surface area contributed by atoms with Gasteiger partial charge in [0.05, 0.1) is 0 Å². The van der Waals surface area contributed by atoms with E-state index < -0.39 is 0 Å². The van der Waals surface area contributed by atoms with Crippen LogP contribution in [-0.2, 0) is 6.42 Å². The molecule has 1 aromatic carbocycles. The van der Waals surface area contributed by atoms with Gasteiger partial charge in [-0.3, -0.25) is 0 Å². The van der Waals surface area contributed by atoms with Crippen LogP contribution in [0.3, 0.4) is 0 Å². The number of thioether (sulfide) groups is 1. The highest BCUT2D eigenvalue weighted by molar-refractivity contribution is 7.98. The minimum atomic E-state index is 0.393. The van der Waals surface area contributed by atoms with Gasteiger partial charge in [-0.1, -0.05) is 29.3 Å². The van der Waals surface area contributed by atoms with Crippen molar-refractivity contribution >= 4 is 35.0 Å². The topological polar surface area (TPSA) is 12.0 Å². The fourth-order valence-corrected chi connectivity index (χ4v) is 2.39. The Morgan fingerprint density at radius 1 is 1.31 bits per heavy atom. The van der Waals surface area contributed by atoms with Crippen LogP contribution in [0.5, 0.6) is 0 Å². The van der Waals surface area contributed by atoms with E-state index in [2.05, 4.69) is 18.5 Å². The third-order valence-corrected chi connectivity index (χ3v) is 3.69. The van der Waals surface area contributed by atoms with E-state index in [4.69, 9.17) is 23.2 Å². The molecule has 1 aromatic rings. The molecule has 90 valence electrons. The van der Waals surface area contributed by atoms with Gasteiger partial charge in [0.1, 0.15) is 0 Å². The van der Waals surface area contributed by atoms with Crippen LogP contribution in [-0.4, -0.2) is 24.6 Å². The zero-order chi connectivity index (χ0) is 12.0. The maximum Gasteiger partial charge on any atom is 0.0453 e. The molecule has 0 amide bonds. The predicted octanol–water partition coefficient (Wildman–Crippen LogP) is 3.88. The largest absolute Gasteiger partial charge is 0.313 e. The maximum absolute atomic E-state index is 6.12. The number of rotatable bonds is 6. The molecule has 1 unspecified atom stereocenters. The van der Waals surface area contributed by atoms with Gasteiger partial charge in [-0.25, -0.2) is 0 Å². The van der Waals surface area contributed by atoms with Gasteiger partial charge in [-0.2, -0.15) is 11.8 Å². The summed E-state index contributed by atoms with van der Waals surface area (Å²) in [6, 6.07) is 6.04. The van der Waals surface area contributed by atoms with Gasteiger partial charge < -0.3 is 5.32 Å². The lowest BCUT2D eigenvalue weighted by atomic mass is 10.1. The molecule has 0 saturated carbocycles. The van der Waals surface area contributed by atoms with Crippen LogP contribution >= 0.6 is 35.0 Å². The lowest BCUT2D eigenvalue weighted by Gasteiger charge is -2.15. The van der Waals surface area contributed by atoms with E-state index in [9.17, 15) is 0 Å². The summed E-state index contributed by atoms with van der Waals surface area (Å²) in [6.45, 7) is 3.17. The summed E-state index contributed by atoms with van der Waals surface area (Å²) < 4.78 is 0. The fourth-order valence-electron chi connectivity index (χ4n) is 1.51. The Balaban J connectivity index is 2.52. The molecule has 0 heterocycles. The molecule has 0 radical (unpaired) electrons. The molecule has 0 aromatic heterocycles. The van der Waals surface area contributed by atoms with E-state index in [1.165, 1.54) is 0 Å². The van der Waals surface area contributed by atoms with Crippen molar-refractivity contribution in [3.05, 3.63) is 33.8 Å². The second-order valence-electron chi connectivity index (χ2n) is 3.75. The van der Waals surface area contributed by atoms with E-state index in [1.807, 2.05) is 30.0 Å². The van der Waals surface area contributed by atoms with Crippen LogP contribution in [0.15, 0.2) is 18.2 Å². The average Bonchev–Trinajstić information content (AvgIpc) is 2.24. The van der Waals surface area contributed by atoms with Crippen molar-refractivity contribution in [3.63, 3.8) is 0 Å². The van der Waals surface area contributed by atoms with Crippen LogP contribution in [0.1, 0.15) is 12.5 Å². The van der Waals surface area contributed by atoms with Crippen molar-refractivity contribution in [2.24, 2.45) is 0 Å². The smallest absolute Gasteiger partial charge is 0.0453 e. The Bertz CT molecular complexity index is 311. The van der Waals surface area contributed by atoms with Gasteiger partial charge in [0, 0.05) is 28.4 Å². The van der Waals surface area contributed by atoms with E-state index in [0.717, 1.165) is 34.3 Å². The van der Waals surface area contributed by atoms with Crippen molar-refractivity contribution in [2.75, 3.05) is 18.6 Å². The number of hydrogen-bond donors (Lipinski definition) is 1. The number of halogens is 2. The van der Waals surface area contributed by atoms with Gasteiger partial charge >= 0.3 is 0 Å². The average molecular weight is 278 g/mol. The Morgan fingerprint density at radius 2 is 1.94 bits per heavy atom. The minimum Gasteiger partial charge on any atom is -0.313 e. The molecular weight excluding hydrogens is 261 g/mol. The molecule has 0 fully saturated rings. The molecule has 0 saturated heterocycles. The highest BCUT2D eigenvalue weighted by atomic mass is 35.5. The van der Waals surface area contributed by atoms with Crippen molar-refractivity contribution in [3.8, 4) is 0 Å². The van der Waals surface area contributed by atoms with E-state index in [0.29, 0.717) is 6.04 Å². The Kier molecular flexibility index (Phi) is 6.59. The lowest BCUT2D eigenvalue weighted by Crippen LogP contribution is -2.30. The van der Waals surface area contributed by atoms with Crippen molar-refractivity contribution in [1.82, 2.24) is 5.32 Å². The molecule has 0 bridgehead atoms. The Morgan fingerprint density at radius 3 is 2.50 bits per heavy atom. The van der Waals surface area contributed by atoms with Crippen molar-refractivity contribution in [1.29, 1.82) is 0 Å². The second-order valence-corrected chi connectivity index (χ2v) is 5.55. The standard InChI is InChI=1S/C12H17Cl2NS/c1-9(15-6-7-16-2)8-10-11(13)4-3-5-12(10)14/h3-5,9,15H,6-8H2,1-2H3. The van der Waals surface area contributed by atoms with Crippen LogP contribution < -0.4 is 5.32 Å². The molecule has 1 atom stereocenters. The fraction of sp³-hybridized carbons (Fsp3) is 0.500. The van der Waals surface area contributed by atoms with E-state index in [-0.39, 0.29) is 0 Å². The van der Waals surface area contributed by atoms with Gasteiger partial charge in [0.25, 0.3) is 0 Å². The Labute approximate surface area is 112 Å². The summed E-state index contributed by atoms with van der Waals surface area (Å²) >= 11 is 14.1. The molecule has 0 aliphatic heterocycles. The van der Waals surface area contributed by atoms with Crippen molar-refractivity contribution in [2.45, 2.75) is 19.4 Å². The molecule has 1 N–H and O–H groups in total. The highest BCUT2D eigenvalue weighted by Crippen LogP contribution is 2.25. The molecule has 0 aliphatic carbocycles. The minimum absolute atomic E-state index is 0.393. The number of benzene rings is 1. The zero-order valence-electron chi connectivity index (χ0n) is 9.59. The van der Waals surface area contributed by atoms with Crippen LogP contribution in [0.2, 0.25) is 10.0 Å². The number of nitrogens with one attached hydrogen (secondary N) is 1. The monoisotopic (exact) mass is 277 g/mol. The quantitative estimate of drug-likeness (QED) is 0.793. The third-order valence-electron chi connectivity index (χ3n) is 2.37. The summed E-state index contributed by atoms with van der Waals surface area (Å²) in [5.41, 5.74) is 1.04. The first-order valence-corrected chi connectivity index (χ1v) is 7.45.